The van der Waals surface area contributed by atoms with E-state index in [2.05, 4.69) is 5.32 Å². The van der Waals surface area contributed by atoms with Crippen molar-refractivity contribution in [1.82, 2.24) is 10.2 Å². The molecule has 1 aliphatic carbocycles. The average molecular weight is 672 g/mol. The van der Waals surface area contributed by atoms with E-state index in [0.29, 0.717) is 0 Å². The molecule has 1 unspecified atom stereocenters. The summed E-state index contributed by atoms with van der Waals surface area (Å²) in [6.45, 7) is 0.910. The highest BCUT2D eigenvalue weighted by atomic mass is 32.2. The van der Waals surface area contributed by atoms with E-state index in [1.165, 1.54) is 30.2 Å². The largest absolute Gasteiger partial charge is 0.495 e. The van der Waals surface area contributed by atoms with Gasteiger partial charge in [0.1, 0.15) is 24.2 Å². The van der Waals surface area contributed by atoms with Crippen molar-refractivity contribution < 1.29 is 27.1 Å². The number of halogens is 1. The van der Waals surface area contributed by atoms with Gasteiger partial charge in [0, 0.05) is 24.6 Å². The highest BCUT2D eigenvalue weighted by molar-refractivity contribution is 7.92. The quantitative estimate of drug-likeness (QED) is 0.177. The molecule has 0 saturated heterocycles. The fourth-order valence-corrected chi connectivity index (χ4v) is 7.57. The number of carbonyl (C=O) groups is 2. The number of hydrogen-bond acceptors (Lipinski definition) is 5. The molecule has 0 spiro atoms. The van der Waals surface area contributed by atoms with Crippen LogP contribution in [-0.2, 0) is 32.6 Å². The van der Waals surface area contributed by atoms with Crippen LogP contribution in [0.15, 0.2) is 108 Å². The number of nitrogens with zero attached hydrogens (tertiary/aromatic N) is 2. The molecule has 0 aromatic heterocycles. The number of carbonyl (C=O) groups excluding carboxylic acids is 2. The summed E-state index contributed by atoms with van der Waals surface area (Å²) in [4.78, 5) is 30.2. The molecule has 252 valence electrons. The molecule has 1 aliphatic rings. The van der Waals surface area contributed by atoms with Crippen LogP contribution in [0.1, 0.15) is 48.8 Å². The second kappa shape index (κ2) is 15.9. The van der Waals surface area contributed by atoms with Crippen LogP contribution in [-0.4, -0.2) is 50.9 Å². The SMILES string of the molecule is COc1ccc(C)cc1N(CC(=O)N(Cc1ccccc1F)C(Cc1ccccc1)C(=O)NC1CCCCC1)S(=O)(=O)c1ccccc1. The van der Waals surface area contributed by atoms with Crippen molar-refractivity contribution in [2.45, 2.75) is 69.0 Å². The maximum absolute atomic E-state index is 15.2. The number of nitrogens with one attached hydrogen (secondary N) is 1. The number of rotatable bonds is 13. The standard InChI is InChI=1S/C38H42FN3O5S/c1-28-22-23-36(47-2)34(24-28)42(48(45,46)32-19-10-5-11-20-32)27-37(43)41(26-30-16-12-13-21-33(30)39)35(25-29-14-6-3-7-15-29)38(44)40-31-17-8-4-9-18-31/h3,5-7,10-16,19-24,31,35H,4,8-9,17-18,25-27H2,1-2H3,(H,40,44). The van der Waals surface area contributed by atoms with E-state index < -0.39 is 34.3 Å². The third-order valence-corrected chi connectivity index (χ3v) is 10.5. The predicted molar refractivity (Wildman–Crippen MR) is 185 cm³/mol. The Balaban J connectivity index is 1.60. The zero-order valence-corrected chi connectivity index (χ0v) is 28.2. The van der Waals surface area contributed by atoms with Crippen molar-refractivity contribution >= 4 is 27.5 Å². The number of hydrogen-bond donors (Lipinski definition) is 1. The first-order valence-corrected chi connectivity index (χ1v) is 17.7. The second-order valence-electron chi connectivity index (χ2n) is 12.2. The van der Waals surface area contributed by atoms with E-state index in [1.54, 1.807) is 54.6 Å². The zero-order chi connectivity index (χ0) is 34.1. The van der Waals surface area contributed by atoms with Gasteiger partial charge in [-0.25, -0.2) is 12.8 Å². The molecule has 0 radical (unpaired) electrons. The number of anilines is 1. The lowest BCUT2D eigenvalue weighted by Crippen LogP contribution is -2.55. The Hall–Kier alpha value is -4.70. The summed E-state index contributed by atoms with van der Waals surface area (Å²) in [5.41, 5.74) is 1.94. The van der Waals surface area contributed by atoms with Gasteiger partial charge in [-0.3, -0.25) is 13.9 Å². The van der Waals surface area contributed by atoms with E-state index in [0.717, 1.165) is 47.5 Å². The molecule has 1 atom stereocenters. The summed E-state index contributed by atoms with van der Waals surface area (Å²) in [6.07, 6.45) is 4.92. The Labute approximate surface area is 282 Å². The molecule has 1 N–H and O–H groups in total. The minimum absolute atomic E-state index is 0.0158. The Kier molecular flexibility index (Phi) is 11.5. The molecule has 1 saturated carbocycles. The topological polar surface area (TPSA) is 96.0 Å². The summed E-state index contributed by atoms with van der Waals surface area (Å²) in [7, 11) is -2.88. The molecular weight excluding hydrogens is 629 g/mol. The smallest absolute Gasteiger partial charge is 0.264 e. The number of amides is 2. The van der Waals surface area contributed by atoms with Crippen LogP contribution in [0.2, 0.25) is 0 Å². The molecule has 4 aromatic carbocycles. The number of methoxy groups -OCH3 is 1. The minimum Gasteiger partial charge on any atom is -0.495 e. The number of sulfonamides is 1. The maximum Gasteiger partial charge on any atom is 0.264 e. The van der Waals surface area contributed by atoms with Gasteiger partial charge in [0.15, 0.2) is 0 Å². The first kappa shape index (κ1) is 34.6. The molecule has 2 amide bonds. The number of aryl methyl sites for hydroxylation is 1. The molecular formula is C38H42FN3O5S. The lowest BCUT2D eigenvalue weighted by atomic mass is 9.94. The Morgan fingerprint density at radius 3 is 2.21 bits per heavy atom. The normalized spacial score (nSPS) is 14.1. The molecule has 0 heterocycles. The summed E-state index contributed by atoms with van der Waals surface area (Å²) in [5, 5.41) is 3.16. The lowest BCUT2D eigenvalue weighted by molar-refractivity contribution is -0.140. The second-order valence-corrected chi connectivity index (χ2v) is 14.0. The monoisotopic (exact) mass is 671 g/mol. The first-order valence-electron chi connectivity index (χ1n) is 16.3. The van der Waals surface area contributed by atoms with Crippen molar-refractivity contribution in [2.24, 2.45) is 0 Å². The van der Waals surface area contributed by atoms with Gasteiger partial charge in [-0.05, 0) is 61.2 Å². The maximum atomic E-state index is 15.2. The number of benzene rings is 4. The summed E-state index contributed by atoms with van der Waals surface area (Å²) in [5.74, 6) is -1.30. The van der Waals surface area contributed by atoms with Gasteiger partial charge in [-0.1, -0.05) is 92.1 Å². The molecule has 5 rings (SSSR count). The average Bonchev–Trinajstić information content (AvgIpc) is 3.10. The fraction of sp³-hybridized carbons (Fsp3) is 0.316. The van der Waals surface area contributed by atoms with Gasteiger partial charge < -0.3 is 15.0 Å². The lowest BCUT2D eigenvalue weighted by Gasteiger charge is -2.35. The summed E-state index contributed by atoms with van der Waals surface area (Å²) < 4.78 is 50.4. The van der Waals surface area contributed by atoms with Gasteiger partial charge in [0.05, 0.1) is 17.7 Å². The van der Waals surface area contributed by atoms with Gasteiger partial charge in [-0.2, -0.15) is 0 Å². The van der Waals surface area contributed by atoms with Crippen LogP contribution < -0.4 is 14.4 Å². The van der Waals surface area contributed by atoms with E-state index in [4.69, 9.17) is 4.74 Å². The zero-order valence-electron chi connectivity index (χ0n) is 27.3. The van der Waals surface area contributed by atoms with Crippen molar-refractivity contribution in [3.05, 3.63) is 126 Å². The van der Waals surface area contributed by atoms with E-state index >= 15 is 4.39 Å². The van der Waals surface area contributed by atoms with E-state index in [9.17, 15) is 18.0 Å². The molecule has 0 bridgehead atoms. The van der Waals surface area contributed by atoms with Crippen LogP contribution in [0.5, 0.6) is 5.75 Å². The van der Waals surface area contributed by atoms with Crippen molar-refractivity contribution in [3.63, 3.8) is 0 Å². The van der Waals surface area contributed by atoms with Gasteiger partial charge in [0.25, 0.3) is 10.0 Å². The molecule has 48 heavy (non-hydrogen) atoms. The van der Waals surface area contributed by atoms with E-state index in [1.807, 2.05) is 37.3 Å². The van der Waals surface area contributed by atoms with Gasteiger partial charge in [0.2, 0.25) is 11.8 Å². The number of ether oxygens (including phenoxy) is 1. The molecule has 8 nitrogen and oxygen atoms in total. The van der Waals surface area contributed by atoms with Crippen molar-refractivity contribution in [3.8, 4) is 5.75 Å². The van der Waals surface area contributed by atoms with Crippen LogP contribution in [0.3, 0.4) is 0 Å². The van der Waals surface area contributed by atoms with E-state index in [-0.39, 0.29) is 46.8 Å². The van der Waals surface area contributed by atoms with Crippen LogP contribution >= 0.6 is 0 Å². The predicted octanol–water partition coefficient (Wildman–Crippen LogP) is 6.43. The molecule has 1 fully saturated rings. The van der Waals surface area contributed by atoms with Gasteiger partial charge in [-0.15, -0.1) is 0 Å². The Morgan fingerprint density at radius 2 is 1.54 bits per heavy atom. The Bertz CT molecular complexity index is 1800. The van der Waals surface area contributed by atoms with Crippen LogP contribution in [0.25, 0.3) is 0 Å². The third kappa shape index (κ3) is 8.41. The van der Waals surface area contributed by atoms with Crippen LogP contribution in [0.4, 0.5) is 10.1 Å². The first-order chi connectivity index (χ1) is 23.2. The van der Waals surface area contributed by atoms with Crippen LogP contribution in [0, 0.1) is 12.7 Å². The Morgan fingerprint density at radius 1 is 0.896 bits per heavy atom. The molecule has 10 heteroatoms. The molecule has 4 aromatic rings. The molecule has 0 aliphatic heterocycles. The van der Waals surface area contributed by atoms with Crippen molar-refractivity contribution in [2.75, 3.05) is 18.0 Å². The minimum atomic E-state index is -4.31. The summed E-state index contributed by atoms with van der Waals surface area (Å²) >= 11 is 0. The fourth-order valence-electron chi connectivity index (χ4n) is 6.14. The third-order valence-electron chi connectivity index (χ3n) is 8.73. The van der Waals surface area contributed by atoms with Crippen molar-refractivity contribution in [1.29, 1.82) is 0 Å². The summed E-state index contributed by atoms with van der Waals surface area (Å²) in [6, 6.07) is 27.2. The van der Waals surface area contributed by atoms with Gasteiger partial charge >= 0.3 is 0 Å². The highest BCUT2D eigenvalue weighted by Crippen LogP contribution is 2.34. The highest BCUT2D eigenvalue weighted by Gasteiger charge is 2.36.